The topological polar surface area (TPSA) is 56.7 Å². The van der Waals surface area contributed by atoms with Gasteiger partial charge in [0, 0.05) is 7.05 Å². The first-order valence-corrected chi connectivity index (χ1v) is 3.44. The first-order chi connectivity index (χ1) is 5.24. The van der Waals surface area contributed by atoms with E-state index in [1.165, 1.54) is 4.68 Å². The van der Waals surface area contributed by atoms with Crippen molar-refractivity contribution in [3.8, 4) is 0 Å². The highest BCUT2D eigenvalue weighted by Gasteiger charge is 2.11. The molecule has 0 saturated heterocycles. The molecule has 1 atom stereocenters. The molecule has 0 spiro atoms. The van der Waals surface area contributed by atoms with Crippen LogP contribution in [0.3, 0.4) is 0 Å². The Bertz CT molecular complexity index is 222. The van der Waals surface area contributed by atoms with Crippen LogP contribution in [0.2, 0.25) is 0 Å². The summed E-state index contributed by atoms with van der Waals surface area (Å²) < 4.78 is 14.4. The summed E-state index contributed by atoms with van der Waals surface area (Å²) in [7, 11) is 1.70. The molecule has 0 saturated carbocycles. The van der Waals surface area contributed by atoms with Gasteiger partial charge in [-0.15, -0.1) is 5.10 Å². The zero-order valence-corrected chi connectivity index (χ0v) is 6.37. The van der Waals surface area contributed by atoms with Gasteiger partial charge in [0.1, 0.15) is 11.9 Å². The Morgan fingerprint density at radius 2 is 2.55 bits per heavy atom. The maximum Gasteiger partial charge on any atom is 0.147 e. The van der Waals surface area contributed by atoms with Crippen molar-refractivity contribution in [1.29, 1.82) is 0 Å². The van der Waals surface area contributed by atoms with Crippen LogP contribution in [0.25, 0.3) is 0 Å². The van der Waals surface area contributed by atoms with Crippen LogP contribution < -0.4 is 5.73 Å². The van der Waals surface area contributed by atoms with Crippen molar-refractivity contribution in [2.24, 2.45) is 12.8 Å². The number of hydrogen-bond donors (Lipinski definition) is 1. The summed E-state index contributed by atoms with van der Waals surface area (Å²) >= 11 is 0. The van der Waals surface area contributed by atoms with Gasteiger partial charge >= 0.3 is 0 Å². The van der Waals surface area contributed by atoms with Crippen molar-refractivity contribution in [3.05, 3.63) is 11.9 Å². The number of halogens is 1. The minimum atomic E-state index is -1.08. The first kappa shape index (κ1) is 8.13. The van der Waals surface area contributed by atoms with E-state index in [-0.39, 0.29) is 0 Å². The molecule has 0 fully saturated rings. The molecule has 1 aromatic heterocycles. The molecule has 1 rings (SSSR count). The van der Waals surface area contributed by atoms with Gasteiger partial charge in [-0.05, 0) is 13.0 Å². The third-order valence-corrected chi connectivity index (χ3v) is 1.36. The maximum absolute atomic E-state index is 13.0. The Kier molecular flexibility index (Phi) is 2.53. The van der Waals surface area contributed by atoms with Gasteiger partial charge in [0.05, 0.1) is 6.20 Å². The Morgan fingerprint density at radius 3 is 3.00 bits per heavy atom. The minimum Gasteiger partial charge on any atom is -0.330 e. The van der Waals surface area contributed by atoms with Gasteiger partial charge in [0.2, 0.25) is 0 Å². The van der Waals surface area contributed by atoms with Gasteiger partial charge in [-0.1, -0.05) is 5.21 Å². The lowest BCUT2D eigenvalue weighted by Crippen LogP contribution is -2.03. The van der Waals surface area contributed by atoms with Gasteiger partial charge in [-0.2, -0.15) is 0 Å². The van der Waals surface area contributed by atoms with Crippen molar-refractivity contribution in [3.63, 3.8) is 0 Å². The highest BCUT2D eigenvalue weighted by Crippen LogP contribution is 2.16. The normalized spacial score (nSPS) is 13.4. The van der Waals surface area contributed by atoms with Gasteiger partial charge in [0.15, 0.2) is 0 Å². The van der Waals surface area contributed by atoms with Gasteiger partial charge in [-0.3, -0.25) is 4.68 Å². The highest BCUT2D eigenvalue weighted by molar-refractivity contribution is 4.96. The van der Waals surface area contributed by atoms with Crippen molar-refractivity contribution < 1.29 is 4.39 Å². The second-order valence-corrected chi connectivity index (χ2v) is 2.36. The molecule has 4 nitrogen and oxygen atoms in total. The fraction of sp³-hybridized carbons (Fsp3) is 0.667. The molecular weight excluding hydrogens is 147 g/mol. The van der Waals surface area contributed by atoms with Crippen molar-refractivity contribution >= 4 is 0 Å². The lowest BCUT2D eigenvalue weighted by Gasteiger charge is -1.99. The molecule has 1 unspecified atom stereocenters. The van der Waals surface area contributed by atoms with Crippen LogP contribution in [0.15, 0.2) is 6.20 Å². The molecule has 1 heterocycles. The summed E-state index contributed by atoms with van der Waals surface area (Å²) in [6, 6.07) is 0. The summed E-state index contributed by atoms with van der Waals surface area (Å²) in [5.74, 6) is 0. The Labute approximate surface area is 64.2 Å². The van der Waals surface area contributed by atoms with E-state index >= 15 is 0 Å². The molecule has 11 heavy (non-hydrogen) atoms. The zero-order chi connectivity index (χ0) is 8.27. The zero-order valence-electron chi connectivity index (χ0n) is 6.37. The van der Waals surface area contributed by atoms with Crippen LogP contribution in [0.4, 0.5) is 4.39 Å². The van der Waals surface area contributed by atoms with E-state index in [2.05, 4.69) is 10.3 Å². The van der Waals surface area contributed by atoms with E-state index in [9.17, 15) is 4.39 Å². The summed E-state index contributed by atoms with van der Waals surface area (Å²) in [6.07, 6.45) is 0.785. The lowest BCUT2D eigenvalue weighted by molar-refractivity contribution is 0.320. The molecule has 0 aromatic carbocycles. The summed E-state index contributed by atoms with van der Waals surface area (Å²) in [5.41, 5.74) is 5.54. The number of aromatic nitrogens is 3. The standard InChI is InChI=1S/C6H11FN4/c1-11-4-6(9-10-11)5(7)2-3-8/h4-5H,2-3,8H2,1H3. The molecule has 0 bridgehead atoms. The average molecular weight is 158 g/mol. The Hall–Kier alpha value is -0.970. The minimum absolute atomic E-state index is 0.304. The summed E-state index contributed by atoms with van der Waals surface area (Å²) in [4.78, 5) is 0. The quantitative estimate of drug-likeness (QED) is 0.682. The van der Waals surface area contributed by atoms with E-state index in [4.69, 9.17) is 5.73 Å². The number of hydrogen-bond acceptors (Lipinski definition) is 3. The molecule has 0 aliphatic rings. The third kappa shape index (κ3) is 1.98. The highest BCUT2D eigenvalue weighted by atomic mass is 19.1. The molecule has 2 N–H and O–H groups in total. The number of aryl methyl sites for hydroxylation is 1. The largest absolute Gasteiger partial charge is 0.330 e. The average Bonchev–Trinajstić information content (AvgIpc) is 2.36. The predicted molar refractivity (Wildman–Crippen MR) is 38.5 cm³/mol. The van der Waals surface area contributed by atoms with Crippen molar-refractivity contribution in [2.75, 3.05) is 6.54 Å². The number of rotatable bonds is 3. The number of alkyl halides is 1. The molecule has 1 aromatic rings. The van der Waals surface area contributed by atoms with Gasteiger partial charge < -0.3 is 5.73 Å². The fourth-order valence-corrected chi connectivity index (χ4v) is 0.803. The molecule has 5 heteroatoms. The fourth-order valence-electron chi connectivity index (χ4n) is 0.803. The van der Waals surface area contributed by atoms with E-state index in [1.807, 2.05) is 0 Å². The van der Waals surface area contributed by atoms with Crippen LogP contribution >= 0.6 is 0 Å². The maximum atomic E-state index is 13.0. The third-order valence-electron chi connectivity index (χ3n) is 1.36. The molecule has 0 aliphatic carbocycles. The monoisotopic (exact) mass is 158 g/mol. The Morgan fingerprint density at radius 1 is 1.82 bits per heavy atom. The van der Waals surface area contributed by atoms with E-state index in [1.54, 1.807) is 13.2 Å². The number of nitrogens with two attached hydrogens (primary N) is 1. The van der Waals surface area contributed by atoms with Crippen LogP contribution in [-0.4, -0.2) is 21.5 Å². The van der Waals surface area contributed by atoms with Crippen molar-refractivity contribution in [1.82, 2.24) is 15.0 Å². The second kappa shape index (κ2) is 3.43. The van der Waals surface area contributed by atoms with Gasteiger partial charge in [-0.25, -0.2) is 4.39 Å². The molecular formula is C6H11FN4. The van der Waals surface area contributed by atoms with Gasteiger partial charge in [0.25, 0.3) is 0 Å². The van der Waals surface area contributed by atoms with Crippen LogP contribution in [-0.2, 0) is 7.05 Å². The van der Waals surface area contributed by atoms with E-state index < -0.39 is 6.17 Å². The summed E-state index contributed by atoms with van der Waals surface area (Å²) in [6.45, 7) is 0.331. The van der Waals surface area contributed by atoms with E-state index in [0.717, 1.165) is 0 Å². The number of nitrogens with zero attached hydrogens (tertiary/aromatic N) is 3. The van der Waals surface area contributed by atoms with Crippen LogP contribution in [0.5, 0.6) is 0 Å². The Balaban J connectivity index is 2.60. The van der Waals surface area contributed by atoms with Crippen LogP contribution in [0.1, 0.15) is 18.3 Å². The second-order valence-electron chi connectivity index (χ2n) is 2.36. The predicted octanol–water partition coefficient (Wildman–Crippen LogP) is 0.174. The summed E-state index contributed by atoms with van der Waals surface area (Å²) in [5, 5.41) is 7.22. The first-order valence-electron chi connectivity index (χ1n) is 3.44. The lowest BCUT2D eigenvalue weighted by atomic mass is 10.2. The van der Waals surface area contributed by atoms with Crippen LogP contribution in [0, 0.1) is 0 Å². The smallest absolute Gasteiger partial charge is 0.147 e. The van der Waals surface area contributed by atoms with Crippen molar-refractivity contribution in [2.45, 2.75) is 12.6 Å². The molecule has 0 amide bonds. The molecule has 0 aliphatic heterocycles. The SMILES string of the molecule is Cn1cc(C(F)CCN)nn1. The van der Waals surface area contributed by atoms with E-state index in [0.29, 0.717) is 18.7 Å². The molecule has 62 valence electrons. The molecule has 0 radical (unpaired) electrons.